The first-order valence-corrected chi connectivity index (χ1v) is 5.33. The van der Waals surface area contributed by atoms with Gasteiger partial charge < -0.3 is 14.8 Å². The van der Waals surface area contributed by atoms with E-state index >= 15 is 0 Å². The topological polar surface area (TPSA) is 50.9 Å². The molecular weight excluding hydrogens is 194 g/mol. The van der Waals surface area contributed by atoms with Crippen molar-refractivity contribution >= 4 is 5.91 Å². The third-order valence-corrected chi connectivity index (χ3v) is 2.12. The third-order valence-electron chi connectivity index (χ3n) is 2.12. The predicted molar refractivity (Wildman–Crippen MR) is 57.3 cm³/mol. The number of ether oxygens (including phenoxy) is 2. The number of hydrogen-bond donors (Lipinski definition) is 1. The zero-order valence-corrected chi connectivity index (χ0v) is 9.41. The first-order chi connectivity index (χ1) is 7.13. The highest BCUT2D eigenvalue weighted by Gasteiger charge is 2.24. The van der Waals surface area contributed by atoms with Gasteiger partial charge in [0.1, 0.15) is 12.3 Å². The van der Waals surface area contributed by atoms with Crippen molar-refractivity contribution in [2.45, 2.75) is 39.0 Å². The SMILES string of the molecule is C=C(C)C(=O)NC(CCC)OCC1CO1. The molecule has 1 heterocycles. The Morgan fingerprint density at radius 3 is 2.87 bits per heavy atom. The van der Waals surface area contributed by atoms with Crippen molar-refractivity contribution in [3.63, 3.8) is 0 Å². The number of nitrogens with one attached hydrogen (secondary N) is 1. The average molecular weight is 213 g/mol. The van der Waals surface area contributed by atoms with Crippen molar-refractivity contribution < 1.29 is 14.3 Å². The lowest BCUT2D eigenvalue weighted by Crippen LogP contribution is -2.37. The molecule has 0 aromatic carbocycles. The number of rotatable bonds is 7. The second-order valence-electron chi connectivity index (χ2n) is 3.82. The van der Waals surface area contributed by atoms with Crippen LogP contribution < -0.4 is 5.32 Å². The minimum atomic E-state index is -0.219. The van der Waals surface area contributed by atoms with E-state index in [4.69, 9.17) is 9.47 Å². The summed E-state index contributed by atoms with van der Waals surface area (Å²) >= 11 is 0. The summed E-state index contributed by atoms with van der Waals surface area (Å²) in [7, 11) is 0. The fourth-order valence-electron chi connectivity index (χ4n) is 1.12. The standard InChI is InChI=1S/C11H19NO3/c1-4-5-10(12-11(13)8(2)3)15-7-9-6-14-9/h9-10H,2,4-7H2,1,3H3,(H,12,13). The van der Waals surface area contributed by atoms with Crippen molar-refractivity contribution in [1.29, 1.82) is 0 Å². The summed E-state index contributed by atoms with van der Waals surface area (Å²) in [6, 6.07) is 0. The number of epoxide rings is 1. The molecule has 0 bridgehead atoms. The Morgan fingerprint density at radius 1 is 1.73 bits per heavy atom. The first-order valence-electron chi connectivity index (χ1n) is 5.33. The quantitative estimate of drug-likeness (QED) is 0.393. The zero-order valence-electron chi connectivity index (χ0n) is 9.41. The van der Waals surface area contributed by atoms with Gasteiger partial charge in [-0.1, -0.05) is 19.9 Å². The Morgan fingerprint density at radius 2 is 2.40 bits per heavy atom. The van der Waals surface area contributed by atoms with Crippen molar-refractivity contribution in [3.8, 4) is 0 Å². The summed E-state index contributed by atoms with van der Waals surface area (Å²) < 4.78 is 10.6. The van der Waals surface area contributed by atoms with Crippen LogP contribution in [0.25, 0.3) is 0 Å². The number of carbonyl (C=O) groups excluding carboxylic acids is 1. The van der Waals surface area contributed by atoms with Crippen LogP contribution in [0.3, 0.4) is 0 Å². The van der Waals surface area contributed by atoms with Gasteiger partial charge in [-0.05, 0) is 13.3 Å². The predicted octanol–water partition coefficient (Wildman–Crippen LogP) is 1.22. The molecule has 1 saturated heterocycles. The summed E-state index contributed by atoms with van der Waals surface area (Å²) in [6.07, 6.45) is 1.78. The fraction of sp³-hybridized carbons (Fsp3) is 0.727. The molecule has 0 spiro atoms. The smallest absolute Gasteiger partial charge is 0.248 e. The summed E-state index contributed by atoms with van der Waals surface area (Å²) in [5, 5.41) is 2.78. The molecule has 0 saturated carbocycles. The van der Waals surface area contributed by atoms with Gasteiger partial charge in [-0.25, -0.2) is 0 Å². The highest BCUT2D eigenvalue weighted by atomic mass is 16.6. The number of carbonyl (C=O) groups is 1. The Hall–Kier alpha value is -0.870. The van der Waals surface area contributed by atoms with E-state index in [-0.39, 0.29) is 18.2 Å². The molecule has 4 nitrogen and oxygen atoms in total. The maximum atomic E-state index is 11.4. The van der Waals surface area contributed by atoms with Crippen molar-refractivity contribution in [3.05, 3.63) is 12.2 Å². The number of amides is 1. The Bertz CT molecular complexity index is 236. The van der Waals surface area contributed by atoms with Crippen LogP contribution in [0, 0.1) is 0 Å². The molecule has 0 radical (unpaired) electrons. The maximum absolute atomic E-state index is 11.4. The van der Waals surface area contributed by atoms with Crippen molar-refractivity contribution in [2.24, 2.45) is 0 Å². The van der Waals surface area contributed by atoms with E-state index in [1.165, 1.54) is 0 Å². The van der Waals surface area contributed by atoms with Crippen molar-refractivity contribution in [1.82, 2.24) is 5.32 Å². The second kappa shape index (κ2) is 5.88. The van der Waals surface area contributed by atoms with Crippen LogP contribution in [0.4, 0.5) is 0 Å². The highest BCUT2D eigenvalue weighted by Crippen LogP contribution is 2.11. The van der Waals surface area contributed by atoms with Gasteiger partial charge in [0, 0.05) is 5.57 Å². The largest absolute Gasteiger partial charge is 0.371 e. The van der Waals surface area contributed by atoms with Crippen LogP contribution in [0.5, 0.6) is 0 Å². The summed E-state index contributed by atoms with van der Waals surface area (Å²) in [6.45, 7) is 8.65. The summed E-state index contributed by atoms with van der Waals surface area (Å²) in [4.78, 5) is 11.4. The average Bonchev–Trinajstić information content (AvgIpc) is 2.97. The Balaban J connectivity index is 2.27. The molecule has 0 aromatic rings. The van der Waals surface area contributed by atoms with E-state index in [1.807, 2.05) is 0 Å². The lowest BCUT2D eigenvalue weighted by Gasteiger charge is -2.18. The van der Waals surface area contributed by atoms with Gasteiger partial charge >= 0.3 is 0 Å². The van der Waals surface area contributed by atoms with Gasteiger partial charge in [-0.3, -0.25) is 4.79 Å². The second-order valence-corrected chi connectivity index (χ2v) is 3.82. The fourth-order valence-corrected chi connectivity index (χ4v) is 1.12. The van der Waals surface area contributed by atoms with Gasteiger partial charge in [0.25, 0.3) is 0 Å². The minimum Gasteiger partial charge on any atom is -0.371 e. The number of hydrogen-bond acceptors (Lipinski definition) is 3. The Kier molecular flexibility index (Phi) is 4.78. The van der Waals surface area contributed by atoms with E-state index in [0.29, 0.717) is 12.2 Å². The molecular formula is C11H19NO3. The molecule has 0 aliphatic carbocycles. The molecule has 2 atom stereocenters. The zero-order chi connectivity index (χ0) is 11.3. The molecule has 0 aromatic heterocycles. The molecule has 1 aliphatic rings. The first kappa shape index (κ1) is 12.2. The summed E-state index contributed by atoms with van der Waals surface area (Å²) in [5.74, 6) is -0.148. The molecule has 1 rings (SSSR count). The van der Waals surface area contributed by atoms with E-state index in [1.54, 1.807) is 6.92 Å². The third kappa shape index (κ3) is 4.95. The molecule has 1 N–H and O–H groups in total. The van der Waals surface area contributed by atoms with Gasteiger partial charge in [0.2, 0.25) is 5.91 Å². The van der Waals surface area contributed by atoms with Gasteiger partial charge in [0.15, 0.2) is 0 Å². The Labute approximate surface area is 90.6 Å². The van der Waals surface area contributed by atoms with Crippen LogP contribution in [0.2, 0.25) is 0 Å². The van der Waals surface area contributed by atoms with Gasteiger partial charge in [0.05, 0.1) is 13.2 Å². The highest BCUT2D eigenvalue weighted by molar-refractivity contribution is 5.92. The monoisotopic (exact) mass is 213 g/mol. The molecule has 1 amide bonds. The van der Waals surface area contributed by atoms with E-state index in [9.17, 15) is 4.79 Å². The molecule has 15 heavy (non-hydrogen) atoms. The minimum absolute atomic E-state index is 0.148. The van der Waals surface area contributed by atoms with E-state index in [0.717, 1.165) is 19.4 Å². The van der Waals surface area contributed by atoms with Crippen LogP contribution in [-0.4, -0.2) is 31.5 Å². The molecule has 1 fully saturated rings. The van der Waals surface area contributed by atoms with E-state index in [2.05, 4.69) is 18.8 Å². The molecule has 2 unspecified atom stereocenters. The van der Waals surface area contributed by atoms with Crippen LogP contribution in [0.1, 0.15) is 26.7 Å². The molecule has 4 heteroatoms. The van der Waals surface area contributed by atoms with Gasteiger partial charge in [-0.2, -0.15) is 0 Å². The van der Waals surface area contributed by atoms with Crippen LogP contribution in [-0.2, 0) is 14.3 Å². The molecule has 86 valence electrons. The maximum Gasteiger partial charge on any atom is 0.248 e. The summed E-state index contributed by atoms with van der Waals surface area (Å²) in [5.41, 5.74) is 0.502. The van der Waals surface area contributed by atoms with Crippen LogP contribution >= 0.6 is 0 Å². The lowest BCUT2D eigenvalue weighted by atomic mass is 10.2. The molecule has 1 aliphatic heterocycles. The van der Waals surface area contributed by atoms with Gasteiger partial charge in [-0.15, -0.1) is 0 Å². The van der Waals surface area contributed by atoms with E-state index < -0.39 is 0 Å². The lowest BCUT2D eigenvalue weighted by molar-refractivity contribution is -0.122. The van der Waals surface area contributed by atoms with Crippen LogP contribution in [0.15, 0.2) is 12.2 Å². The normalized spacial score (nSPS) is 20.8. The van der Waals surface area contributed by atoms with Crippen molar-refractivity contribution in [2.75, 3.05) is 13.2 Å².